The van der Waals surface area contributed by atoms with Crippen molar-refractivity contribution < 1.29 is 64.4 Å². The molecule has 0 N–H and O–H groups in total. The van der Waals surface area contributed by atoms with E-state index < -0.39 is 10.1 Å². The van der Waals surface area contributed by atoms with Crippen LogP contribution in [0.4, 0.5) is 0 Å². The maximum absolute atomic E-state index is 11.9. The fourth-order valence-electron chi connectivity index (χ4n) is 4.87. The van der Waals surface area contributed by atoms with Crippen molar-refractivity contribution in [3.8, 4) is 0 Å². The molecule has 0 amide bonds. The topological polar surface area (TPSA) is 57.2 Å². The van der Waals surface area contributed by atoms with Crippen molar-refractivity contribution in [2.24, 2.45) is 0 Å². The third-order valence-electron chi connectivity index (χ3n) is 6.97. The molecule has 0 saturated carbocycles. The van der Waals surface area contributed by atoms with E-state index in [4.69, 9.17) is 0 Å². The second kappa shape index (κ2) is 19.3. The smallest absolute Gasteiger partial charge is 0.744 e. The summed E-state index contributed by atoms with van der Waals surface area (Å²) in [5.41, 5.74) is 1.99. The quantitative estimate of drug-likeness (QED) is 0.126. The Morgan fingerprint density at radius 3 is 1.60 bits per heavy atom. The Kier molecular flexibility index (Phi) is 18.4. The second-order valence-electron chi connectivity index (χ2n) is 10.0. The Morgan fingerprint density at radius 1 is 0.600 bits per heavy atom. The number of unbranched alkanes of at least 4 members (excludes halogenated alkanes) is 14. The van der Waals surface area contributed by atoms with E-state index in [1.54, 1.807) is 6.07 Å². The molecule has 0 spiro atoms. The summed E-state index contributed by atoms with van der Waals surface area (Å²) in [5.74, 6) is 0. The fraction of sp³-hybridized carbons (Fsp3) is 0.667. The summed E-state index contributed by atoms with van der Waals surface area (Å²) < 4.78 is 35.8. The van der Waals surface area contributed by atoms with Gasteiger partial charge in [-0.3, -0.25) is 0 Å². The van der Waals surface area contributed by atoms with Crippen molar-refractivity contribution in [1.29, 1.82) is 0 Å². The van der Waals surface area contributed by atoms with E-state index >= 15 is 0 Å². The Bertz CT molecular complexity index is 940. The van der Waals surface area contributed by atoms with Gasteiger partial charge in [-0.2, -0.15) is 0 Å². The van der Waals surface area contributed by atoms with Gasteiger partial charge in [0.15, 0.2) is 0 Å². The van der Waals surface area contributed by atoms with E-state index in [9.17, 15) is 13.0 Å². The van der Waals surface area contributed by atoms with Crippen molar-refractivity contribution in [1.82, 2.24) is 0 Å². The first-order valence-corrected chi connectivity index (χ1v) is 15.4. The van der Waals surface area contributed by atoms with E-state index in [0.717, 1.165) is 30.0 Å². The molecule has 0 radical (unpaired) electrons. The van der Waals surface area contributed by atoms with Crippen LogP contribution in [0.25, 0.3) is 10.8 Å². The van der Waals surface area contributed by atoms with Crippen LogP contribution in [0.15, 0.2) is 35.2 Å². The molecule has 192 valence electrons. The van der Waals surface area contributed by atoms with Crippen molar-refractivity contribution in [3.63, 3.8) is 0 Å². The molecule has 5 heteroatoms. The van der Waals surface area contributed by atoms with Crippen LogP contribution >= 0.6 is 0 Å². The van der Waals surface area contributed by atoms with Crippen LogP contribution in [0.1, 0.15) is 128 Å². The minimum Gasteiger partial charge on any atom is -0.744 e. The SMILES string of the molecule is CCCCCCCCCCc1ccc2cc(S(=O)(=O)[O-])c(CCCCCCCCCC)cc2c1.[K+]. The Labute approximate surface area is 258 Å². The maximum Gasteiger partial charge on any atom is 1.00 e. The predicted molar refractivity (Wildman–Crippen MR) is 145 cm³/mol. The van der Waals surface area contributed by atoms with Crippen LogP contribution in [0.5, 0.6) is 0 Å². The normalized spacial score (nSPS) is 11.6. The summed E-state index contributed by atoms with van der Waals surface area (Å²) >= 11 is 0. The standard InChI is InChI=1S/C30H48O3S.K/c1-3-5-7-9-11-13-15-17-19-26-21-22-27-25-30(34(31,32)33)28(24-29(27)23-26)20-18-16-14-12-10-8-6-4-2;/h21-25H,3-20H2,1-2H3,(H,31,32,33);/q;+1/p-1. The van der Waals surface area contributed by atoms with Gasteiger partial charge < -0.3 is 4.55 Å². The molecule has 35 heavy (non-hydrogen) atoms. The van der Waals surface area contributed by atoms with Gasteiger partial charge in [-0.1, -0.05) is 122 Å². The maximum atomic E-state index is 11.9. The summed E-state index contributed by atoms with van der Waals surface area (Å²) in [7, 11) is -4.47. The molecule has 0 aromatic heterocycles. The fourth-order valence-corrected chi connectivity index (χ4v) is 5.62. The minimum atomic E-state index is -4.47. The molecule has 0 aliphatic heterocycles. The number of fused-ring (bicyclic) bond motifs is 1. The molecule has 0 heterocycles. The zero-order chi connectivity index (χ0) is 24.7. The van der Waals surface area contributed by atoms with Crippen LogP contribution in [0.2, 0.25) is 0 Å². The van der Waals surface area contributed by atoms with Gasteiger partial charge in [0.2, 0.25) is 0 Å². The number of benzene rings is 2. The molecule has 0 bridgehead atoms. The van der Waals surface area contributed by atoms with E-state index in [-0.39, 0.29) is 56.3 Å². The average molecular weight is 527 g/mol. The van der Waals surface area contributed by atoms with Gasteiger partial charge in [0.05, 0.1) is 4.90 Å². The van der Waals surface area contributed by atoms with E-state index in [1.807, 2.05) is 12.1 Å². The summed E-state index contributed by atoms with van der Waals surface area (Å²) in [5, 5.41) is 1.90. The summed E-state index contributed by atoms with van der Waals surface area (Å²) in [6.45, 7) is 4.48. The monoisotopic (exact) mass is 526 g/mol. The summed E-state index contributed by atoms with van der Waals surface area (Å²) in [4.78, 5) is -0.0289. The van der Waals surface area contributed by atoms with Crippen molar-refractivity contribution in [2.45, 2.75) is 134 Å². The molecule has 0 aliphatic carbocycles. The third kappa shape index (κ3) is 13.6. The zero-order valence-electron chi connectivity index (χ0n) is 22.7. The Morgan fingerprint density at radius 2 is 1.09 bits per heavy atom. The molecule has 0 unspecified atom stereocenters. The molecule has 2 aromatic carbocycles. The number of hydrogen-bond acceptors (Lipinski definition) is 3. The predicted octanol–water partition coefficient (Wildman–Crippen LogP) is 6.11. The van der Waals surface area contributed by atoms with Crippen LogP contribution in [0.3, 0.4) is 0 Å². The Balaban J connectivity index is 0.00000612. The molecule has 0 fully saturated rings. The number of rotatable bonds is 19. The van der Waals surface area contributed by atoms with E-state index in [2.05, 4.69) is 26.0 Å². The van der Waals surface area contributed by atoms with Gasteiger partial charge in [0.25, 0.3) is 0 Å². The Hall–Kier alpha value is 0.246. The average Bonchev–Trinajstić information content (AvgIpc) is 2.81. The van der Waals surface area contributed by atoms with Gasteiger partial charge in [0, 0.05) is 0 Å². The third-order valence-corrected chi connectivity index (χ3v) is 7.89. The molecule has 0 saturated heterocycles. The first kappa shape index (κ1) is 33.3. The van der Waals surface area contributed by atoms with Crippen LogP contribution in [-0.4, -0.2) is 13.0 Å². The van der Waals surface area contributed by atoms with Crippen LogP contribution < -0.4 is 51.4 Å². The molecular formula is C30H47KO3S. The first-order valence-electron chi connectivity index (χ1n) is 14.0. The van der Waals surface area contributed by atoms with Crippen LogP contribution in [0, 0.1) is 0 Å². The molecule has 2 aromatic rings. The molecule has 0 aliphatic rings. The molecule has 0 atom stereocenters. The minimum absolute atomic E-state index is 0. The van der Waals surface area contributed by atoms with Crippen LogP contribution in [-0.2, 0) is 23.0 Å². The largest absolute Gasteiger partial charge is 1.00 e. The molecule has 2 rings (SSSR count). The summed E-state index contributed by atoms with van der Waals surface area (Å²) in [6.07, 6.45) is 21.8. The van der Waals surface area contributed by atoms with Gasteiger partial charge in [-0.15, -0.1) is 0 Å². The van der Waals surface area contributed by atoms with E-state index in [0.29, 0.717) is 12.0 Å². The van der Waals surface area contributed by atoms with Crippen molar-refractivity contribution in [2.75, 3.05) is 0 Å². The zero-order valence-corrected chi connectivity index (χ0v) is 26.7. The number of aryl methyl sites for hydroxylation is 2. The molecule has 3 nitrogen and oxygen atoms in total. The number of hydrogen-bond donors (Lipinski definition) is 0. The molecular weight excluding hydrogens is 479 g/mol. The first-order chi connectivity index (χ1) is 16.5. The van der Waals surface area contributed by atoms with E-state index in [1.165, 1.54) is 95.5 Å². The van der Waals surface area contributed by atoms with Crippen molar-refractivity contribution in [3.05, 3.63) is 41.5 Å². The second-order valence-corrected chi connectivity index (χ2v) is 11.4. The van der Waals surface area contributed by atoms with Gasteiger partial charge in [-0.25, -0.2) is 8.42 Å². The van der Waals surface area contributed by atoms with Gasteiger partial charge in [-0.05, 0) is 59.7 Å². The van der Waals surface area contributed by atoms with Gasteiger partial charge in [0.1, 0.15) is 10.1 Å². The van der Waals surface area contributed by atoms with Crippen molar-refractivity contribution >= 4 is 20.9 Å². The summed E-state index contributed by atoms with van der Waals surface area (Å²) in [6, 6.07) is 9.80. The van der Waals surface area contributed by atoms with Gasteiger partial charge >= 0.3 is 51.4 Å².